The van der Waals surface area contributed by atoms with Crippen molar-refractivity contribution in [3.8, 4) is 0 Å². The third-order valence-corrected chi connectivity index (χ3v) is 3.77. The van der Waals surface area contributed by atoms with Gasteiger partial charge < -0.3 is 9.88 Å². The fourth-order valence-corrected chi connectivity index (χ4v) is 2.75. The van der Waals surface area contributed by atoms with E-state index in [1.807, 2.05) is 23.6 Å². The van der Waals surface area contributed by atoms with E-state index in [4.69, 9.17) is 0 Å². The zero-order chi connectivity index (χ0) is 12.5. The SMILES string of the molecule is Cc1ccc2c(c1)[nH]c(=O)n2CCN1CCCC1. The van der Waals surface area contributed by atoms with E-state index in [-0.39, 0.29) is 5.69 Å². The Morgan fingerprint density at radius 1 is 1.22 bits per heavy atom. The maximum Gasteiger partial charge on any atom is 0.326 e. The first kappa shape index (κ1) is 11.5. The van der Waals surface area contributed by atoms with Crippen molar-refractivity contribution in [2.45, 2.75) is 26.3 Å². The number of likely N-dealkylation sites (tertiary alicyclic amines) is 1. The van der Waals surface area contributed by atoms with Crippen LogP contribution in [0.1, 0.15) is 18.4 Å². The Hall–Kier alpha value is -1.55. The number of aryl methyl sites for hydroxylation is 1. The summed E-state index contributed by atoms with van der Waals surface area (Å²) in [6.45, 7) is 6.15. The Labute approximate surface area is 106 Å². The number of nitrogens with one attached hydrogen (secondary N) is 1. The van der Waals surface area contributed by atoms with Crippen molar-refractivity contribution in [3.63, 3.8) is 0 Å². The van der Waals surface area contributed by atoms with Gasteiger partial charge in [0, 0.05) is 13.1 Å². The van der Waals surface area contributed by atoms with Crippen LogP contribution in [-0.2, 0) is 6.54 Å². The second-order valence-electron chi connectivity index (χ2n) is 5.15. The first-order valence-corrected chi connectivity index (χ1v) is 6.65. The molecule has 2 heterocycles. The molecule has 1 saturated heterocycles. The van der Waals surface area contributed by atoms with Gasteiger partial charge in [-0.3, -0.25) is 4.57 Å². The zero-order valence-corrected chi connectivity index (χ0v) is 10.8. The van der Waals surface area contributed by atoms with Crippen molar-refractivity contribution >= 4 is 11.0 Å². The molecule has 0 aliphatic carbocycles. The predicted molar refractivity (Wildman–Crippen MR) is 73.0 cm³/mol. The quantitative estimate of drug-likeness (QED) is 0.894. The highest BCUT2D eigenvalue weighted by Gasteiger charge is 2.12. The number of aromatic amines is 1. The molecule has 0 bridgehead atoms. The van der Waals surface area contributed by atoms with Gasteiger partial charge in [0.1, 0.15) is 0 Å². The molecular weight excluding hydrogens is 226 g/mol. The van der Waals surface area contributed by atoms with Crippen molar-refractivity contribution in [2.24, 2.45) is 0 Å². The van der Waals surface area contributed by atoms with Crippen molar-refractivity contribution < 1.29 is 0 Å². The molecule has 18 heavy (non-hydrogen) atoms. The van der Waals surface area contributed by atoms with Gasteiger partial charge in [-0.05, 0) is 50.6 Å². The van der Waals surface area contributed by atoms with Gasteiger partial charge in [-0.2, -0.15) is 0 Å². The molecule has 4 heteroatoms. The van der Waals surface area contributed by atoms with E-state index in [1.165, 1.54) is 31.5 Å². The topological polar surface area (TPSA) is 41.0 Å². The van der Waals surface area contributed by atoms with Gasteiger partial charge >= 0.3 is 5.69 Å². The molecule has 4 nitrogen and oxygen atoms in total. The van der Waals surface area contributed by atoms with E-state index in [9.17, 15) is 4.79 Å². The normalized spacial score (nSPS) is 16.7. The Balaban J connectivity index is 1.86. The number of imidazole rings is 1. The van der Waals surface area contributed by atoms with E-state index >= 15 is 0 Å². The van der Waals surface area contributed by atoms with E-state index in [0.29, 0.717) is 0 Å². The molecule has 1 N–H and O–H groups in total. The summed E-state index contributed by atoms with van der Waals surface area (Å²) < 4.78 is 1.85. The summed E-state index contributed by atoms with van der Waals surface area (Å²) >= 11 is 0. The number of benzene rings is 1. The van der Waals surface area contributed by atoms with Crippen LogP contribution < -0.4 is 5.69 Å². The molecule has 2 aromatic rings. The Morgan fingerprint density at radius 3 is 2.78 bits per heavy atom. The summed E-state index contributed by atoms with van der Waals surface area (Å²) in [7, 11) is 0. The van der Waals surface area contributed by atoms with Crippen LogP contribution in [0.15, 0.2) is 23.0 Å². The lowest BCUT2D eigenvalue weighted by Crippen LogP contribution is -2.28. The van der Waals surface area contributed by atoms with Gasteiger partial charge in [0.15, 0.2) is 0 Å². The first-order valence-electron chi connectivity index (χ1n) is 6.65. The first-order chi connectivity index (χ1) is 8.74. The molecule has 1 aromatic carbocycles. The second-order valence-corrected chi connectivity index (χ2v) is 5.15. The number of hydrogen-bond donors (Lipinski definition) is 1. The third-order valence-electron chi connectivity index (χ3n) is 3.77. The van der Waals surface area contributed by atoms with Crippen LogP contribution in [0.3, 0.4) is 0 Å². The van der Waals surface area contributed by atoms with Crippen molar-refractivity contribution in [1.82, 2.24) is 14.5 Å². The fourth-order valence-electron chi connectivity index (χ4n) is 2.75. The lowest BCUT2D eigenvalue weighted by atomic mass is 10.2. The van der Waals surface area contributed by atoms with E-state index in [0.717, 1.165) is 24.1 Å². The fraction of sp³-hybridized carbons (Fsp3) is 0.500. The van der Waals surface area contributed by atoms with Crippen LogP contribution in [0.2, 0.25) is 0 Å². The Morgan fingerprint density at radius 2 is 2.00 bits per heavy atom. The number of nitrogens with zero attached hydrogens (tertiary/aromatic N) is 2. The standard InChI is InChI=1S/C14H19N3O/c1-11-4-5-13-12(10-11)15-14(18)17(13)9-8-16-6-2-3-7-16/h4-5,10H,2-3,6-9H2,1H3,(H,15,18). The molecule has 3 rings (SSSR count). The monoisotopic (exact) mass is 245 g/mol. The zero-order valence-electron chi connectivity index (χ0n) is 10.8. The van der Waals surface area contributed by atoms with Crippen LogP contribution in [0.5, 0.6) is 0 Å². The molecule has 96 valence electrons. The average molecular weight is 245 g/mol. The van der Waals surface area contributed by atoms with Gasteiger partial charge in [0.25, 0.3) is 0 Å². The smallest absolute Gasteiger partial charge is 0.306 e. The van der Waals surface area contributed by atoms with Gasteiger partial charge in [-0.1, -0.05) is 6.07 Å². The number of aromatic nitrogens is 2. The molecule has 0 atom stereocenters. The lowest BCUT2D eigenvalue weighted by Gasteiger charge is -2.14. The minimum atomic E-state index is 0.00907. The number of rotatable bonds is 3. The van der Waals surface area contributed by atoms with Crippen LogP contribution >= 0.6 is 0 Å². The van der Waals surface area contributed by atoms with Gasteiger partial charge in [-0.15, -0.1) is 0 Å². The summed E-state index contributed by atoms with van der Waals surface area (Å²) in [6.07, 6.45) is 2.59. The highest BCUT2D eigenvalue weighted by molar-refractivity contribution is 5.75. The summed E-state index contributed by atoms with van der Waals surface area (Å²) in [6, 6.07) is 6.12. The van der Waals surface area contributed by atoms with Crippen LogP contribution in [0, 0.1) is 6.92 Å². The minimum Gasteiger partial charge on any atom is -0.306 e. The molecule has 1 aliphatic heterocycles. The molecule has 0 radical (unpaired) electrons. The van der Waals surface area contributed by atoms with Crippen LogP contribution in [0.4, 0.5) is 0 Å². The highest BCUT2D eigenvalue weighted by Crippen LogP contribution is 2.13. The highest BCUT2D eigenvalue weighted by atomic mass is 16.1. The number of fused-ring (bicyclic) bond motifs is 1. The Kier molecular flexibility index (Phi) is 2.96. The summed E-state index contributed by atoms with van der Waals surface area (Å²) in [5.74, 6) is 0. The number of hydrogen-bond acceptors (Lipinski definition) is 2. The maximum absolute atomic E-state index is 11.9. The van der Waals surface area contributed by atoms with Gasteiger partial charge in [0.05, 0.1) is 11.0 Å². The van der Waals surface area contributed by atoms with E-state index < -0.39 is 0 Å². The summed E-state index contributed by atoms with van der Waals surface area (Å²) in [5, 5.41) is 0. The van der Waals surface area contributed by atoms with Crippen LogP contribution in [-0.4, -0.2) is 34.1 Å². The van der Waals surface area contributed by atoms with E-state index in [1.54, 1.807) is 0 Å². The second kappa shape index (κ2) is 4.61. The van der Waals surface area contributed by atoms with Crippen molar-refractivity contribution in [2.75, 3.05) is 19.6 Å². The molecule has 1 fully saturated rings. The number of H-pyrrole nitrogens is 1. The van der Waals surface area contributed by atoms with Gasteiger partial charge in [-0.25, -0.2) is 4.79 Å². The average Bonchev–Trinajstić information content (AvgIpc) is 2.93. The third kappa shape index (κ3) is 2.08. The molecule has 0 unspecified atom stereocenters. The van der Waals surface area contributed by atoms with E-state index in [2.05, 4.69) is 16.0 Å². The molecule has 0 saturated carbocycles. The molecule has 1 aromatic heterocycles. The molecule has 0 amide bonds. The van der Waals surface area contributed by atoms with Crippen LogP contribution in [0.25, 0.3) is 11.0 Å². The predicted octanol–water partition coefficient (Wildman–Crippen LogP) is 1.73. The maximum atomic E-state index is 11.9. The summed E-state index contributed by atoms with van der Waals surface area (Å²) in [5.41, 5.74) is 3.15. The molecule has 1 aliphatic rings. The van der Waals surface area contributed by atoms with Gasteiger partial charge in [0.2, 0.25) is 0 Å². The Bertz CT molecular complexity index is 605. The largest absolute Gasteiger partial charge is 0.326 e. The lowest BCUT2D eigenvalue weighted by molar-refractivity contribution is 0.322. The summed E-state index contributed by atoms with van der Waals surface area (Å²) in [4.78, 5) is 17.3. The molecule has 0 spiro atoms. The van der Waals surface area contributed by atoms with Crippen molar-refractivity contribution in [1.29, 1.82) is 0 Å². The van der Waals surface area contributed by atoms with Crippen molar-refractivity contribution in [3.05, 3.63) is 34.2 Å². The molecular formula is C14H19N3O. The minimum absolute atomic E-state index is 0.00907.